The van der Waals surface area contributed by atoms with E-state index in [9.17, 15) is 9.90 Å². The molecule has 0 atom stereocenters. The van der Waals surface area contributed by atoms with E-state index in [1.165, 1.54) is 5.56 Å². The minimum Gasteiger partial charge on any atom is -0.493 e. The number of aromatic hydroxyl groups is 1. The van der Waals surface area contributed by atoms with E-state index in [1.807, 2.05) is 91.0 Å². The first kappa shape index (κ1) is 26.0. The largest absolute Gasteiger partial charge is 0.493 e. The number of rotatable bonds is 8. The van der Waals surface area contributed by atoms with Crippen molar-refractivity contribution in [1.29, 1.82) is 0 Å². The highest BCUT2D eigenvalue weighted by molar-refractivity contribution is 5.95. The zero-order chi connectivity index (χ0) is 27.4. The zero-order valence-electron chi connectivity index (χ0n) is 22.3. The van der Waals surface area contributed by atoms with Crippen molar-refractivity contribution in [1.82, 2.24) is 4.57 Å². The number of hydrogen-bond acceptors (Lipinski definition) is 5. The summed E-state index contributed by atoms with van der Waals surface area (Å²) in [5.74, 6) is 0.734. The average molecular weight is 522 g/mol. The molecular formula is C32H31N3O4. The van der Waals surface area contributed by atoms with Gasteiger partial charge in [-0.05, 0) is 40.6 Å². The van der Waals surface area contributed by atoms with Gasteiger partial charge in [-0.15, -0.1) is 10.2 Å². The normalized spacial score (nSPS) is 11.9. The Balaban J connectivity index is 1.27. The Morgan fingerprint density at radius 3 is 2.31 bits per heavy atom. The molecule has 0 spiro atoms. The van der Waals surface area contributed by atoms with Crippen molar-refractivity contribution in [3.8, 4) is 17.4 Å². The fourth-order valence-electron chi connectivity index (χ4n) is 4.50. The van der Waals surface area contributed by atoms with Crippen LogP contribution in [-0.4, -0.2) is 28.8 Å². The molecule has 0 unspecified atom stereocenters. The van der Waals surface area contributed by atoms with E-state index in [1.54, 1.807) is 4.57 Å². The molecule has 0 fully saturated rings. The number of aromatic nitrogens is 1. The summed E-state index contributed by atoms with van der Waals surface area (Å²) in [6.07, 6.45) is 0. The highest BCUT2D eigenvalue weighted by Crippen LogP contribution is 2.39. The summed E-state index contributed by atoms with van der Waals surface area (Å²) in [6, 6.07) is 29.1. The van der Waals surface area contributed by atoms with Gasteiger partial charge in [-0.1, -0.05) is 87.5 Å². The minimum atomic E-state index is -0.551. The number of fused-ring (bicyclic) bond motifs is 2. The van der Waals surface area contributed by atoms with Crippen LogP contribution in [0, 0.1) is 0 Å². The van der Waals surface area contributed by atoms with Gasteiger partial charge in [0.2, 0.25) is 5.88 Å². The van der Waals surface area contributed by atoms with E-state index in [0.717, 1.165) is 22.0 Å². The molecule has 1 heterocycles. The third-order valence-electron chi connectivity index (χ3n) is 6.58. The van der Waals surface area contributed by atoms with Gasteiger partial charge in [0.25, 0.3) is 0 Å². The molecule has 1 N–H and O–H groups in total. The van der Waals surface area contributed by atoms with E-state index < -0.39 is 5.91 Å². The Morgan fingerprint density at radius 2 is 1.54 bits per heavy atom. The Kier molecular flexibility index (Phi) is 7.32. The van der Waals surface area contributed by atoms with E-state index in [0.29, 0.717) is 24.3 Å². The van der Waals surface area contributed by atoms with Crippen LogP contribution in [0.4, 0.5) is 5.69 Å². The van der Waals surface area contributed by atoms with Crippen molar-refractivity contribution in [2.75, 3.05) is 13.2 Å². The predicted molar refractivity (Wildman–Crippen MR) is 153 cm³/mol. The first-order valence-electron chi connectivity index (χ1n) is 12.9. The molecule has 0 aliphatic heterocycles. The number of para-hydroxylation sites is 1. The number of benzene rings is 4. The van der Waals surface area contributed by atoms with Crippen LogP contribution >= 0.6 is 0 Å². The Morgan fingerprint density at radius 1 is 0.846 bits per heavy atom. The van der Waals surface area contributed by atoms with Crippen molar-refractivity contribution in [2.24, 2.45) is 10.2 Å². The molecule has 0 bridgehead atoms. The van der Waals surface area contributed by atoms with Gasteiger partial charge in [0.1, 0.15) is 18.1 Å². The van der Waals surface area contributed by atoms with E-state index in [-0.39, 0.29) is 23.6 Å². The molecule has 5 aromatic rings. The number of carbonyl (C=O) groups excluding carboxylic acids is 1. The summed E-state index contributed by atoms with van der Waals surface area (Å²) in [6.45, 7) is 6.87. The number of azo groups is 1. The van der Waals surface area contributed by atoms with Crippen molar-refractivity contribution in [2.45, 2.75) is 32.7 Å². The fourth-order valence-corrected chi connectivity index (χ4v) is 4.50. The summed E-state index contributed by atoms with van der Waals surface area (Å²) in [5.41, 5.74) is 2.22. The number of hydrogen-bond donors (Lipinski definition) is 1. The second kappa shape index (κ2) is 11.0. The maximum atomic E-state index is 12.4. The Bertz CT molecular complexity index is 1640. The predicted octanol–water partition coefficient (Wildman–Crippen LogP) is 7.57. The molecule has 0 aliphatic rings. The molecule has 7 nitrogen and oxygen atoms in total. The van der Waals surface area contributed by atoms with Gasteiger partial charge < -0.3 is 19.1 Å². The highest BCUT2D eigenvalue weighted by atomic mass is 16.5. The van der Waals surface area contributed by atoms with Crippen molar-refractivity contribution in [3.05, 3.63) is 96.6 Å². The summed E-state index contributed by atoms with van der Waals surface area (Å²) < 4.78 is 13.4. The Labute approximate surface area is 227 Å². The number of ether oxygens (including phenoxy) is 2. The maximum absolute atomic E-state index is 12.4. The fraction of sp³-hybridized carbons (Fsp3) is 0.219. The highest BCUT2D eigenvalue weighted by Gasteiger charge is 2.17. The first-order chi connectivity index (χ1) is 18.8. The zero-order valence-corrected chi connectivity index (χ0v) is 22.3. The summed E-state index contributed by atoms with van der Waals surface area (Å²) in [7, 11) is 0. The molecule has 0 radical (unpaired) electrons. The van der Waals surface area contributed by atoms with Crippen LogP contribution in [0.1, 0.15) is 26.3 Å². The van der Waals surface area contributed by atoms with E-state index in [2.05, 4.69) is 31.0 Å². The van der Waals surface area contributed by atoms with Crippen LogP contribution in [0.5, 0.6) is 17.4 Å². The second-order valence-corrected chi connectivity index (χ2v) is 10.3. The molecule has 0 saturated carbocycles. The van der Waals surface area contributed by atoms with Gasteiger partial charge >= 0.3 is 5.91 Å². The van der Waals surface area contributed by atoms with Crippen molar-refractivity contribution in [3.63, 3.8) is 0 Å². The van der Waals surface area contributed by atoms with E-state index in [4.69, 9.17) is 9.47 Å². The Hall–Kier alpha value is -4.65. The van der Waals surface area contributed by atoms with Crippen LogP contribution in [0.3, 0.4) is 0 Å². The topological polar surface area (TPSA) is 85.4 Å². The summed E-state index contributed by atoms with van der Waals surface area (Å²) >= 11 is 0. The van der Waals surface area contributed by atoms with Crippen molar-refractivity contribution >= 4 is 33.3 Å². The van der Waals surface area contributed by atoms with Crippen molar-refractivity contribution < 1.29 is 19.4 Å². The van der Waals surface area contributed by atoms with Crippen LogP contribution in [0.15, 0.2) is 101 Å². The molecule has 1 amide bonds. The molecule has 39 heavy (non-hydrogen) atoms. The smallest absolute Gasteiger partial charge is 0.302 e. The number of carbonyl (C=O) groups is 1. The lowest BCUT2D eigenvalue weighted by Crippen LogP contribution is -2.11. The van der Waals surface area contributed by atoms with Gasteiger partial charge in [0.05, 0.1) is 12.1 Å². The molecule has 198 valence electrons. The molecule has 4 aromatic carbocycles. The van der Waals surface area contributed by atoms with Crippen LogP contribution in [0.2, 0.25) is 0 Å². The number of amides is 1. The molecule has 0 aliphatic carbocycles. The monoisotopic (exact) mass is 521 g/mol. The third-order valence-corrected chi connectivity index (χ3v) is 6.58. The molecule has 5 rings (SSSR count). The lowest BCUT2D eigenvalue weighted by atomic mass is 9.87. The van der Waals surface area contributed by atoms with Crippen LogP contribution in [0.25, 0.3) is 21.7 Å². The lowest BCUT2D eigenvalue weighted by molar-refractivity contribution is -0.120. The molecule has 1 aromatic heterocycles. The van der Waals surface area contributed by atoms with E-state index >= 15 is 0 Å². The maximum Gasteiger partial charge on any atom is 0.302 e. The second-order valence-electron chi connectivity index (χ2n) is 10.3. The SMILES string of the molecule is CC(C)(C)c1ccc(OCC(=O)N=Nc2c(O)n(CCOc3cccc4ccccc34)c3ccccc23)cc1. The average Bonchev–Trinajstić information content (AvgIpc) is 3.21. The van der Waals surface area contributed by atoms with Crippen LogP contribution in [-0.2, 0) is 16.8 Å². The first-order valence-corrected chi connectivity index (χ1v) is 12.9. The van der Waals surface area contributed by atoms with Crippen LogP contribution < -0.4 is 9.47 Å². The van der Waals surface area contributed by atoms with Gasteiger partial charge in [0.15, 0.2) is 12.3 Å². The quantitative estimate of drug-likeness (QED) is 0.213. The minimum absolute atomic E-state index is 0.0335. The summed E-state index contributed by atoms with van der Waals surface area (Å²) in [4.78, 5) is 12.4. The standard InChI is InChI=1S/C32H31N3O4/c1-32(2,3)23-15-17-24(18-16-23)39-21-29(36)33-34-30-26-12-6-7-13-27(26)35(31(30)37)19-20-38-28-14-8-10-22-9-4-5-11-25(22)28/h4-18,37H,19-21H2,1-3H3. The third kappa shape index (κ3) is 5.77. The van der Waals surface area contributed by atoms with Gasteiger partial charge in [-0.3, -0.25) is 4.79 Å². The van der Waals surface area contributed by atoms with Gasteiger partial charge in [0, 0.05) is 10.8 Å². The molecule has 0 saturated heterocycles. The molecule has 7 heteroatoms. The molecular weight excluding hydrogens is 490 g/mol. The summed E-state index contributed by atoms with van der Waals surface area (Å²) in [5, 5.41) is 21.7. The van der Waals surface area contributed by atoms with Gasteiger partial charge in [-0.2, -0.15) is 0 Å². The van der Waals surface area contributed by atoms with Gasteiger partial charge in [-0.25, -0.2) is 0 Å². The number of nitrogens with zero attached hydrogens (tertiary/aromatic N) is 3. The lowest BCUT2D eigenvalue weighted by Gasteiger charge is -2.19.